The summed E-state index contributed by atoms with van der Waals surface area (Å²) in [7, 11) is 0. The fraction of sp³-hybridized carbons (Fsp3) is 0.824. The zero-order chi connectivity index (χ0) is 15.5. The second kappa shape index (κ2) is 6.80. The predicted octanol–water partition coefficient (Wildman–Crippen LogP) is 2.00. The summed E-state index contributed by atoms with van der Waals surface area (Å²) in [5, 5.41) is 3.02. The first-order valence-corrected chi connectivity index (χ1v) is 8.81. The molecule has 122 valence electrons. The lowest BCUT2D eigenvalue weighted by Gasteiger charge is -2.19. The Morgan fingerprint density at radius 3 is 1.91 bits per heavy atom. The lowest BCUT2D eigenvalue weighted by atomic mass is 9.81. The van der Waals surface area contributed by atoms with Crippen molar-refractivity contribution in [2.45, 2.75) is 70.3 Å². The lowest BCUT2D eigenvalue weighted by Crippen LogP contribution is -2.44. The van der Waals surface area contributed by atoms with Crippen LogP contribution in [0.5, 0.6) is 0 Å². The Hall–Kier alpha value is -1.39. The average molecular weight is 306 g/mol. The number of fused-ring (bicyclic) bond motifs is 1. The third kappa shape index (κ3) is 3.18. The number of nitrogens with zero attached hydrogens (tertiary/aromatic N) is 1. The molecule has 0 radical (unpaired) electrons. The van der Waals surface area contributed by atoms with E-state index in [1.807, 2.05) is 0 Å². The zero-order valence-corrected chi connectivity index (χ0v) is 13.2. The van der Waals surface area contributed by atoms with Crippen LogP contribution in [0.2, 0.25) is 0 Å². The monoisotopic (exact) mass is 306 g/mol. The number of carbonyl (C=O) groups excluding carboxylic acids is 3. The predicted molar refractivity (Wildman–Crippen MR) is 81.8 cm³/mol. The summed E-state index contributed by atoms with van der Waals surface area (Å²) in [6, 6.07) is 0.213. The first-order valence-electron chi connectivity index (χ1n) is 8.81. The van der Waals surface area contributed by atoms with Crippen molar-refractivity contribution in [2.75, 3.05) is 6.54 Å². The summed E-state index contributed by atoms with van der Waals surface area (Å²) in [6.45, 7) is -0.0822. The number of carbonyl (C=O) groups is 3. The van der Waals surface area contributed by atoms with Crippen molar-refractivity contribution in [3.63, 3.8) is 0 Å². The molecule has 0 unspecified atom stereocenters. The van der Waals surface area contributed by atoms with Gasteiger partial charge in [0.2, 0.25) is 17.7 Å². The van der Waals surface area contributed by atoms with E-state index in [9.17, 15) is 14.4 Å². The third-order valence-electron chi connectivity index (χ3n) is 5.45. The van der Waals surface area contributed by atoms with E-state index in [1.165, 1.54) is 17.7 Å². The van der Waals surface area contributed by atoms with Crippen LogP contribution < -0.4 is 5.32 Å². The van der Waals surface area contributed by atoms with E-state index in [4.69, 9.17) is 0 Å². The molecule has 5 heteroatoms. The molecule has 22 heavy (non-hydrogen) atoms. The molecule has 2 saturated carbocycles. The molecule has 0 aromatic heterocycles. The van der Waals surface area contributed by atoms with Crippen molar-refractivity contribution in [2.24, 2.45) is 11.8 Å². The van der Waals surface area contributed by atoms with Crippen molar-refractivity contribution in [3.05, 3.63) is 0 Å². The van der Waals surface area contributed by atoms with Gasteiger partial charge < -0.3 is 5.32 Å². The van der Waals surface area contributed by atoms with Crippen LogP contribution >= 0.6 is 0 Å². The zero-order valence-electron chi connectivity index (χ0n) is 13.2. The summed E-state index contributed by atoms with van der Waals surface area (Å²) in [5.74, 6) is -0.734. The maximum absolute atomic E-state index is 12.4. The Labute approximate surface area is 131 Å². The lowest BCUT2D eigenvalue weighted by molar-refractivity contribution is -0.143. The van der Waals surface area contributed by atoms with Crippen LogP contribution in [-0.4, -0.2) is 35.2 Å². The maximum atomic E-state index is 12.4. The molecule has 0 spiro atoms. The Kier molecular flexibility index (Phi) is 4.79. The van der Waals surface area contributed by atoms with Gasteiger partial charge in [-0.1, -0.05) is 38.5 Å². The fourth-order valence-electron chi connectivity index (χ4n) is 4.23. The normalized spacial score (nSPS) is 30.1. The Morgan fingerprint density at radius 2 is 1.36 bits per heavy atom. The summed E-state index contributed by atoms with van der Waals surface area (Å²) in [6.07, 6.45) is 10.4. The minimum absolute atomic E-state index is 0.0822. The summed E-state index contributed by atoms with van der Waals surface area (Å²) in [4.78, 5) is 38.1. The second-order valence-corrected chi connectivity index (χ2v) is 7.02. The van der Waals surface area contributed by atoms with Crippen LogP contribution in [0, 0.1) is 11.8 Å². The highest BCUT2D eigenvalue weighted by Gasteiger charge is 2.48. The molecular formula is C17H26N2O3. The maximum Gasteiger partial charge on any atom is 0.240 e. The first kappa shape index (κ1) is 15.5. The van der Waals surface area contributed by atoms with E-state index in [0.29, 0.717) is 0 Å². The number of hydrogen-bond acceptors (Lipinski definition) is 3. The van der Waals surface area contributed by atoms with E-state index in [-0.39, 0.29) is 42.1 Å². The molecule has 3 rings (SSSR count). The van der Waals surface area contributed by atoms with Crippen molar-refractivity contribution in [1.29, 1.82) is 0 Å². The minimum Gasteiger partial charge on any atom is -0.352 e. The van der Waals surface area contributed by atoms with Gasteiger partial charge in [-0.05, 0) is 25.7 Å². The van der Waals surface area contributed by atoms with Crippen molar-refractivity contribution in [1.82, 2.24) is 10.2 Å². The molecule has 3 amide bonds. The molecule has 1 N–H and O–H groups in total. The minimum atomic E-state index is -0.174. The highest BCUT2D eigenvalue weighted by Crippen LogP contribution is 2.37. The molecule has 3 aliphatic rings. The Balaban J connectivity index is 1.56. The van der Waals surface area contributed by atoms with Gasteiger partial charge in [0.25, 0.3) is 0 Å². The SMILES string of the molecule is O=C(CN1C(=O)[C@@H]2CCCC[C@H]2C1=O)NC1CCCCCC1. The summed E-state index contributed by atoms with van der Waals surface area (Å²) >= 11 is 0. The Bertz CT molecular complexity index is 431. The van der Waals surface area contributed by atoms with Gasteiger partial charge >= 0.3 is 0 Å². The van der Waals surface area contributed by atoms with Crippen molar-refractivity contribution in [3.8, 4) is 0 Å². The van der Waals surface area contributed by atoms with Crippen molar-refractivity contribution < 1.29 is 14.4 Å². The number of likely N-dealkylation sites (tertiary alicyclic amines) is 1. The van der Waals surface area contributed by atoms with Gasteiger partial charge in [0.1, 0.15) is 6.54 Å². The standard InChI is InChI=1S/C17H26N2O3/c20-15(18-12-7-3-1-2-4-8-12)11-19-16(21)13-9-5-6-10-14(13)17(19)22/h12-14H,1-11H2,(H,18,20)/t13-,14-/m1/s1. The largest absolute Gasteiger partial charge is 0.352 e. The summed E-state index contributed by atoms with van der Waals surface area (Å²) < 4.78 is 0. The van der Waals surface area contributed by atoms with E-state index < -0.39 is 0 Å². The van der Waals surface area contributed by atoms with Gasteiger partial charge in [-0.3, -0.25) is 19.3 Å². The van der Waals surface area contributed by atoms with Gasteiger partial charge in [-0.15, -0.1) is 0 Å². The molecule has 0 aromatic carbocycles. The highest BCUT2D eigenvalue weighted by atomic mass is 16.2. The fourth-order valence-corrected chi connectivity index (χ4v) is 4.23. The molecule has 2 atom stereocenters. The number of hydrogen-bond donors (Lipinski definition) is 1. The number of imide groups is 1. The van der Waals surface area contributed by atoms with Gasteiger partial charge in [0.05, 0.1) is 11.8 Å². The quantitative estimate of drug-likeness (QED) is 0.640. The molecule has 3 fully saturated rings. The first-order chi connectivity index (χ1) is 10.7. The molecule has 2 aliphatic carbocycles. The van der Waals surface area contributed by atoms with E-state index >= 15 is 0 Å². The van der Waals surface area contributed by atoms with Gasteiger partial charge in [0.15, 0.2) is 0 Å². The molecule has 5 nitrogen and oxygen atoms in total. The third-order valence-corrected chi connectivity index (χ3v) is 5.45. The van der Waals surface area contributed by atoms with E-state index in [0.717, 1.165) is 51.4 Å². The summed E-state index contributed by atoms with van der Waals surface area (Å²) in [5.41, 5.74) is 0. The van der Waals surface area contributed by atoms with E-state index in [2.05, 4.69) is 5.32 Å². The molecule has 1 aliphatic heterocycles. The number of amides is 3. The molecule has 0 aromatic rings. The van der Waals surface area contributed by atoms with Gasteiger partial charge in [0, 0.05) is 6.04 Å². The molecular weight excluding hydrogens is 280 g/mol. The number of rotatable bonds is 3. The van der Waals surface area contributed by atoms with Crippen LogP contribution in [0.25, 0.3) is 0 Å². The van der Waals surface area contributed by atoms with Crippen LogP contribution in [0.4, 0.5) is 0 Å². The van der Waals surface area contributed by atoms with Crippen LogP contribution in [0.3, 0.4) is 0 Å². The Morgan fingerprint density at radius 1 is 0.864 bits per heavy atom. The molecule has 0 bridgehead atoms. The molecule has 1 saturated heterocycles. The van der Waals surface area contributed by atoms with Crippen LogP contribution in [0.15, 0.2) is 0 Å². The average Bonchev–Trinajstić information content (AvgIpc) is 2.72. The van der Waals surface area contributed by atoms with Gasteiger partial charge in [-0.2, -0.15) is 0 Å². The topological polar surface area (TPSA) is 66.5 Å². The van der Waals surface area contributed by atoms with Crippen molar-refractivity contribution >= 4 is 17.7 Å². The van der Waals surface area contributed by atoms with Crippen LogP contribution in [0.1, 0.15) is 64.2 Å². The smallest absolute Gasteiger partial charge is 0.240 e. The van der Waals surface area contributed by atoms with Gasteiger partial charge in [-0.25, -0.2) is 0 Å². The number of nitrogens with one attached hydrogen (secondary N) is 1. The highest BCUT2D eigenvalue weighted by molar-refractivity contribution is 6.07. The second-order valence-electron chi connectivity index (χ2n) is 7.02. The molecule has 1 heterocycles. The van der Waals surface area contributed by atoms with Crippen LogP contribution in [-0.2, 0) is 14.4 Å². The van der Waals surface area contributed by atoms with E-state index in [1.54, 1.807) is 0 Å².